The van der Waals surface area contributed by atoms with Gasteiger partial charge in [0.2, 0.25) is 5.95 Å². The average Bonchev–Trinajstić information content (AvgIpc) is 2.98. The van der Waals surface area contributed by atoms with Crippen molar-refractivity contribution in [3.63, 3.8) is 0 Å². The smallest absolute Gasteiger partial charge is 0.232 e. The molecule has 0 spiro atoms. The van der Waals surface area contributed by atoms with E-state index in [2.05, 4.69) is 38.4 Å². The number of rotatable bonds is 5. The van der Waals surface area contributed by atoms with E-state index in [1.807, 2.05) is 25.1 Å². The molecule has 0 saturated carbocycles. The summed E-state index contributed by atoms with van der Waals surface area (Å²) in [7, 11) is 0. The lowest BCUT2D eigenvalue weighted by Crippen LogP contribution is -2.37. The molecule has 116 valence electrons. The molecule has 1 aromatic carbocycles. The fourth-order valence-electron chi connectivity index (χ4n) is 2.31. The van der Waals surface area contributed by atoms with Crippen LogP contribution in [0.25, 0.3) is 5.69 Å². The van der Waals surface area contributed by atoms with E-state index in [1.165, 1.54) is 0 Å². The monoisotopic (exact) mass is 316 g/mol. The van der Waals surface area contributed by atoms with Gasteiger partial charge in [-0.25, -0.2) is 0 Å². The Balaban J connectivity index is 1.97. The highest BCUT2D eigenvalue weighted by atomic mass is 32.2. The molecule has 0 aliphatic carbocycles. The molecule has 1 aliphatic rings. The van der Waals surface area contributed by atoms with Gasteiger partial charge in [0.25, 0.3) is 0 Å². The summed E-state index contributed by atoms with van der Waals surface area (Å²) in [4.78, 5) is 2.23. The fourth-order valence-corrected chi connectivity index (χ4v) is 3.10. The third-order valence-corrected chi connectivity index (χ3v) is 4.53. The molecule has 0 amide bonds. The summed E-state index contributed by atoms with van der Waals surface area (Å²) in [5.74, 6) is 1.73. The van der Waals surface area contributed by atoms with Crippen LogP contribution in [0.2, 0.25) is 0 Å². The number of aromatic nitrogens is 3. The second-order valence-corrected chi connectivity index (χ2v) is 6.24. The number of thioether (sulfide) groups is 1. The average molecular weight is 316 g/mol. The van der Waals surface area contributed by atoms with Crippen molar-refractivity contribution in [3.05, 3.63) is 42.5 Å². The highest BCUT2D eigenvalue weighted by Gasteiger charge is 2.21. The Morgan fingerprint density at radius 2 is 1.95 bits per heavy atom. The number of anilines is 1. The van der Waals surface area contributed by atoms with Gasteiger partial charge in [0.05, 0.1) is 18.9 Å². The predicted molar refractivity (Wildman–Crippen MR) is 89.9 cm³/mol. The van der Waals surface area contributed by atoms with Gasteiger partial charge in [0, 0.05) is 18.8 Å². The van der Waals surface area contributed by atoms with Crippen molar-refractivity contribution in [2.75, 3.05) is 37.0 Å². The summed E-state index contributed by atoms with van der Waals surface area (Å²) in [5.41, 5.74) is 2.21. The lowest BCUT2D eigenvalue weighted by molar-refractivity contribution is 0.122. The minimum atomic E-state index is 0.732. The van der Waals surface area contributed by atoms with Crippen molar-refractivity contribution < 1.29 is 4.74 Å². The normalized spacial score (nSPS) is 15.0. The Morgan fingerprint density at radius 3 is 2.64 bits per heavy atom. The summed E-state index contributed by atoms with van der Waals surface area (Å²) < 4.78 is 7.56. The number of hydrogen-bond donors (Lipinski definition) is 0. The molecule has 1 aliphatic heterocycles. The van der Waals surface area contributed by atoms with E-state index in [9.17, 15) is 0 Å². The highest BCUT2D eigenvalue weighted by Crippen LogP contribution is 2.27. The summed E-state index contributed by atoms with van der Waals surface area (Å²) in [6.45, 7) is 9.14. The molecule has 0 radical (unpaired) electrons. The molecule has 1 aromatic heterocycles. The van der Waals surface area contributed by atoms with Gasteiger partial charge in [-0.2, -0.15) is 0 Å². The lowest BCUT2D eigenvalue weighted by Gasteiger charge is -2.27. The van der Waals surface area contributed by atoms with Crippen molar-refractivity contribution in [2.45, 2.75) is 12.1 Å². The molecule has 0 bridgehead atoms. The van der Waals surface area contributed by atoms with Crippen LogP contribution in [-0.4, -0.2) is 46.8 Å². The largest absolute Gasteiger partial charge is 0.378 e. The van der Waals surface area contributed by atoms with Crippen LogP contribution in [0.5, 0.6) is 0 Å². The quantitative estimate of drug-likeness (QED) is 0.627. The maximum absolute atomic E-state index is 5.44. The van der Waals surface area contributed by atoms with Gasteiger partial charge in [-0.1, -0.05) is 42.1 Å². The summed E-state index contributed by atoms with van der Waals surface area (Å²) in [6.07, 6.45) is 0. The first-order valence-electron chi connectivity index (χ1n) is 7.36. The van der Waals surface area contributed by atoms with E-state index in [-0.39, 0.29) is 0 Å². The van der Waals surface area contributed by atoms with Gasteiger partial charge in [-0.15, -0.1) is 10.2 Å². The van der Waals surface area contributed by atoms with Crippen LogP contribution < -0.4 is 4.90 Å². The lowest BCUT2D eigenvalue weighted by atomic mass is 10.3. The van der Waals surface area contributed by atoms with Gasteiger partial charge in [0.1, 0.15) is 0 Å². The number of nitrogens with zero attached hydrogens (tertiary/aromatic N) is 4. The van der Waals surface area contributed by atoms with E-state index >= 15 is 0 Å². The molecule has 3 rings (SSSR count). The minimum absolute atomic E-state index is 0.732. The number of benzene rings is 1. The SMILES string of the molecule is C=C(C)CSc1nnc(N2CCOCC2)n1-c1ccccc1. The topological polar surface area (TPSA) is 43.2 Å². The number of morpholine rings is 1. The first-order chi connectivity index (χ1) is 10.8. The third kappa shape index (κ3) is 3.34. The number of para-hydroxylation sites is 1. The molecule has 0 unspecified atom stereocenters. The molecule has 2 heterocycles. The molecule has 5 nitrogen and oxygen atoms in total. The second kappa shape index (κ2) is 6.98. The van der Waals surface area contributed by atoms with Crippen LogP contribution in [0.15, 0.2) is 47.6 Å². The van der Waals surface area contributed by atoms with E-state index < -0.39 is 0 Å². The van der Waals surface area contributed by atoms with Crippen LogP contribution in [0, 0.1) is 0 Å². The number of ether oxygens (including phenoxy) is 1. The molecule has 0 atom stereocenters. The van der Waals surface area contributed by atoms with Gasteiger partial charge in [-0.3, -0.25) is 4.57 Å². The van der Waals surface area contributed by atoms with Crippen LogP contribution in [-0.2, 0) is 4.74 Å². The zero-order valence-electron chi connectivity index (χ0n) is 12.7. The Bertz CT molecular complexity index is 635. The predicted octanol–water partition coefficient (Wildman–Crippen LogP) is 2.77. The molecule has 2 aromatic rings. The van der Waals surface area contributed by atoms with Crippen LogP contribution in [0.3, 0.4) is 0 Å². The third-order valence-electron chi connectivity index (χ3n) is 3.37. The molecule has 6 heteroatoms. The van der Waals surface area contributed by atoms with Gasteiger partial charge in [0.15, 0.2) is 5.16 Å². The summed E-state index contributed by atoms with van der Waals surface area (Å²) in [5, 5.41) is 9.72. The maximum Gasteiger partial charge on any atom is 0.232 e. The van der Waals surface area contributed by atoms with E-state index in [1.54, 1.807) is 11.8 Å². The minimum Gasteiger partial charge on any atom is -0.378 e. The Kier molecular flexibility index (Phi) is 4.80. The Morgan fingerprint density at radius 1 is 1.23 bits per heavy atom. The number of hydrogen-bond acceptors (Lipinski definition) is 5. The second-order valence-electron chi connectivity index (χ2n) is 5.30. The van der Waals surface area contributed by atoms with Crippen LogP contribution >= 0.6 is 11.8 Å². The van der Waals surface area contributed by atoms with E-state index in [0.29, 0.717) is 0 Å². The Hall–Kier alpha value is -1.79. The van der Waals surface area contributed by atoms with Crippen molar-refractivity contribution in [3.8, 4) is 5.69 Å². The zero-order valence-corrected chi connectivity index (χ0v) is 13.6. The first-order valence-corrected chi connectivity index (χ1v) is 8.35. The molecular formula is C16H20N4OS. The van der Waals surface area contributed by atoms with Gasteiger partial charge in [-0.05, 0) is 19.1 Å². The molecule has 22 heavy (non-hydrogen) atoms. The first kappa shape index (κ1) is 15.1. The molecule has 0 N–H and O–H groups in total. The molecular weight excluding hydrogens is 296 g/mol. The van der Waals surface area contributed by atoms with Crippen molar-refractivity contribution in [2.24, 2.45) is 0 Å². The van der Waals surface area contributed by atoms with Crippen LogP contribution in [0.4, 0.5) is 5.95 Å². The molecule has 1 fully saturated rings. The van der Waals surface area contributed by atoms with E-state index in [0.717, 1.165) is 54.4 Å². The van der Waals surface area contributed by atoms with Crippen molar-refractivity contribution in [1.29, 1.82) is 0 Å². The Labute approximate surface area is 135 Å². The van der Waals surface area contributed by atoms with Crippen molar-refractivity contribution in [1.82, 2.24) is 14.8 Å². The van der Waals surface area contributed by atoms with Gasteiger partial charge < -0.3 is 9.64 Å². The van der Waals surface area contributed by atoms with Gasteiger partial charge >= 0.3 is 0 Å². The summed E-state index contributed by atoms with van der Waals surface area (Å²) in [6, 6.07) is 10.2. The fraction of sp³-hybridized carbons (Fsp3) is 0.375. The van der Waals surface area contributed by atoms with E-state index in [4.69, 9.17) is 4.74 Å². The van der Waals surface area contributed by atoms with Crippen molar-refractivity contribution >= 4 is 17.7 Å². The van der Waals surface area contributed by atoms with Crippen LogP contribution in [0.1, 0.15) is 6.92 Å². The summed E-state index contributed by atoms with van der Waals surface area (Å²) >= 11 is 1.67. The highest BCUT2D eigenvalue weighted by molar-refractivity contribution is 7.99. The maximum atomic E-state index is 5.44. The standard InChI is InChI=1S/C16H20N4OS/c1-13(2)12-22-16-18-17-15(19-8-10-21-11-9-19)20(16)14-6-4-3-5-7-14/h3-7H,1,8-12H2,2H3. The zero-order chi connectivity index (χ0) is 15.4. The molecule has 1 saturated heterocycles.